The molecule has 1 unspecified atom stereocenters. The van der Waals surface area contributed by atoms with Crippen molar-refractivity contribution in [2.45, 2.75) is 110 Å². The van der Waals surface area contributed by atoms with Crippen LogP contribution >= 0.6 is 0 Å². The minimum atomic E-state index is -0.396. The first-order chi connectivity index (χ1) is 12.2. The standard InChI is InChI=1S/C21H39NO3/c1-3-5-6-7-8-9-10-11-12-13-14-15-18(4-2)19-16-20(24)22(17-23)21(19)25/h16,18,23-25H,3-15,17H2,1-2H3. The number of hydrogen-bond acceptors (Lipinski definition) is 3. The fraction of sp³-hybridized carbons (Fsp3) is 0.810. The molecule has 4 nitrogen and oxygen atoms in total. The largest absolute Gasteiger partial charge is 0.494 e. The molecule has 0 aliphatic heterocycles. The van der Waals surface area contributed by atoms with Crippen molar-refractivity contribution in [3.8, 4) is 11.8 Å². The summed E-state index contributed by atoms with van der Waals surface area (Å²) in [5.41, 5.74) is 0.765. The third-order valence-electron chi connectivity index (χ3n) is 5.31. The summed E-state index contributed by atoms with van der Waals surface area (Å²) < 4.78 is 1.14. The van der Waals surface area contributed by atoms with Gasteiger partial charge in [-0.25, -0.2) is 0 Å². The molecule has 0 aliphatic rings. The minimum absolute atomic E-state index is 0.00919. The lowest BCUT2D eigenvalue weighted by molar-refractivity contribution is 0.182. The Bertz CT molecular complexity index is 456. The third kappa shape index (κ3) is 7.72. The van der Waals surface area contributed by atoms with Crippen molar-refractivity contribution in [2.24, 2.45) is 0 Å². The molecule has 1 heterocycles. The van der Waals surface area contributed by atoms with E-state index >= 15 is 0 Å². The van der Waals surface area contributed by atoms with Gasteiger partial charge in [-0.05, 0) is 18.8 Å². The topological polar surface area (TPSA) is 65.6 Å². The second-order valence-corrected chi connectivity index (χ2v) is 7.28. The Morgan fingerprint density at radius 3 is 1.80 bits per heavy atom. The predicted octanol–water partition coefficient (Wildman–Crippen LogP) is 6.04. The van der Waals surface area contributed by atoms with Crippen molar-refractivity contribution in [3.05, 3.63) is 11.6 Å². The summed E-state index contributed by atoms with van der Waals surface area (Å²) in [6.07, 6.45) is 16.6. The lowest BCUT2D eigenvalue weighted by atomic mass is 9.92. The van der Waals surface area contributed by atoms with E-state index in [0.29, 0.717) is 0 Å². The molecule has 4 heteroatoms. The summed E-state index contributed by atoms with van der Waals surface area (Å²) >= 11 is 0. The lowest BCUT2D eigenvalue weighted by Crippen LogP contribution is -1.99. The van der Waals surface area contributed by atoms with Crippen molar-refractivity contribution in [2.75, 3.05) is 0 Å². The number of aromatic nitrogens is 1. The van der Waals surface area contributed by atoms with Gasteiger partial charge in [0.2, 0.25) is 0 Å². The van der Waals surface area contributed by atoms with Gasteiger partial charge in [0.15, 0.2) is 11.8 Å². The van der Waals surface area contributed by atoms with Gasteiger partial charge < -0.3 is 15.3 Å². The van der Waals surface area contributed by atoms with Gasteiger partial charge in [-0.3, -0.25) is 4.57 Å². The van der Waals surface area contributed by atoms with Gasteiger partial charge >= 0.3 is 0 Å². The average molecular weight is 354 g/mol. The molecular formula is C21H39NO3. The molecule has 1 rings (SSSR count). The van der Waals surface area contributed by atoms with E-state index in [1.54, 1.807) is 6.07 Å². The van der Waals surface area contributed by atoms with Crippen molar-refractivity contribution in [3.63, 3.8) is 0 Å². The van der Waals surface area contributed by atoms with Gasteiger partial charge in [0.05, 0.1) is 0 Å². The lowest BCUT2D eigenvalue weighted by Gasteiger charge is -2.14. The monoisotopic (exact) mass is 353 g/mol. The maximum atomic E-state index is 10.1. The zero-order valence-electron chi connectivity index (χ0n) is 16.3. The van der Waals surface area contributed by atoms with Crippen LogP contribution in [0.5, 0.6) is 11.8 Å². The minimum Gasteiger partial charge on any atom is -0.494 e. The second-order valence-electron chi connectivity index (χ2n) is 7.28. The summed E-state index contributed by atoms with van der Waals surface area (Å²) in [6, 6.07) is 1.60. The van der Waals surface area contributed by atoms with Gasteiger partial charge in [-0.15, -0.1) is 0 Å². The Labute approximate surface area is 153 Å². The zero-order valence-corrected chi connectivity index (χ0v) is 16.3. The maximum absolute atomic E-state index is 10.1. The van der Waals surface area contributed by atoms with E-state index in [1.165, 1.54) is 64.2 Å². The van der Waals surface area contributed by atoms with Crippen LogP contribution in [-0.2, 0) is 6.73 Å². The van der Waals surface area contributed by atoms with Crippen LogP contribution in [0.1, 0.15) is 109 Å². The fourth-order valence-electron chi connectivity index (χ4n) is 3.62. The van der Waals surface area contributed by atoms with Gasteiger partial charge in [-0.1, -0.05) is 84.5 Å². The molecule has 0 saturated carbocycles. The molecular weight excluding hydrogens is 314 g/mol. The second kappa shape index (κ2) is 13.1. The van der Waals surface area contributed by atoms with E-state index < -0.39 is 6.73 Å². The molecule has 0 aliphatic carbocycles. The number of hydrogen-bond donors (Lipinski definition) is 3. The van der Waals surface area contributed by atoms with Crippen molar-refractivity contribution in [1.82, 2.24) is 4.57 Å². The number of aliphatic hydroxyl groups is 1. The van der Waals surface area contributed by atoms with Crippen LogP contribution in [0.3, 0.4) is 0 Å². The van der Waals surface area contributed by atoms with E-state index in [1.807, 2.05) is 0 Å². The Morgan fingerprint density at radius 1 is 0.840 bits per heavy atom. The summed E-state index contributed by atoms with van der Waals surface area (Å²) in [5, 5.41) is 29.1. The third-order valence-corrected chi connectivity index (χ3v) is 5.31. The van der Waals surface area contributed by atoms with Gasteiger partial charge in [0.1, 0.15) is 6.73 Å². The van der Waals surface area contributed by atoms with E-state index in [-0.39, 0.29) is 17.7 Å². The molecule has 0 radical (unpaired) electrons. The van der Waals surface area contributed by atoms with Crippen LogP contribution in [-0.4, -0.2) is 19.9 Å². The Balaban J connectivity index is 2.16. The smallest absolute Gasteiger partial charge is 0.199 e. The zero-order chi connectivity index (χ0) is 18.5. The fourth-order valence-corrected chi connectivity index (χ4v) is 3.62. The Morgan fingerprint density at radius 2 is 1.36 bits per heavy atom. The van der Waals surface area contributed by atoms with Crippen molar-refractivity contribution >= 4 is 0 Å². The predicted molar refractivity (Wildman–Crippen MR) is 104 cm³/mol. The van der Waals surface area contributed by atoms with Crippen LogP contribution in [0.2, 0.25) is 0 Å². The number of unbranched alkanes of at least 4 members (excludes halogenated alkanes) is 10. The molecule has 25 heavy (non-hydrogen) atoms. The molecule has 146 valence electrons. The average Bonchev–Trinajstić information content (AvgIpc) is 2.90. The van der Waals surface area contributed by atoms with E-state index in [0.717, 1.165) is 29.4 Å². The SMILES string of the molecule is CCCCCCCCCCCCCC(CC)c1cc(O)n(CO)c1O. The first kappa shape index (κ1) is 21.9. The summed E-state index contributed by atoms with van der Waals surface area (Å²) in [4.78, 5) is 0. The summed E-state index contributed by atoms with van der Waals surface area (Å²) in [6.45, 7) is 3.97. The molecule has 0 aromatic carbocycles. The Kier molecular flexibility index (Phi) is 11.5. The van der Waals surface area contributed by atoms with Crippen molar-refractivity contribution in [1.29, 1.82) is 0 Å². The van der Waals surface area contributed by atoms with E-state index in [9.17, 15) is 15.3 Å². The Hall–Kier alpha value is -1.16. The molecule has 0 bridgehead atoms. The summed E-state index contributed by atoms with van der Waals surface area (Å²) in [5.74, 6) is 0.194. The normalized spacial score (nSPS) is 12.6. The van der Waals surface area contributed by atoms with Crippen LogP contribution in [0, 0.1) is 0 Å². The van der Waals surface area contributed by atoms with Gasteiger partial charge in [0, 0.05) is 11.6 Å². The van der Waals surface area contributed by atoms with Crippen molar-refractivity contribution < 1.29 is 15.3 Å². The first-order valence-corrected chi connectivity index (χ1v) is 10.4. The molecule has 0 saturated heterocycles. The highest BCUT2D eigenvalue weighted by atomic mass is 16.3. The summed E-state index contributed by atoms with van der Waals surface area (Å²) in [7, 11) is 0. The quantitative estimate of drug-likeness (QED) is 0.337. The highest BCUT2D eigenvalue weighted by Crippen LogP contribution is 2.37. The van der Waals surface area contributed by atoms with Crippen LogP contribution < -0.4 is 0 Å². The van der Waals surface area contributed by atoms with Gasteiger partial charge in [-0.2, -0.15) is 0 Å². The maximum Gasteiger partial charge on any atom is 0.199 e. The molecule has 0 fully saturated rings. The molecule has 1 aromatic heterocycles. The van der Waals surface area contributed by atoms with E-state index in [2.05, 4.69) is 13.8 Å². The first-order valence-electron chi connectivity index (χ1n) is 10.4. The number of nitrogens with zero attached hydrogens (tertiary/aromatic N) is 1. The number of aromatic hydroxyl groups is 2. The number of aliphatic hydroxyl groups excluding tert-OH is 1. The van der Waals surface area contributed by atoms with Crippen LogP contribution in [0.4, 0.5) is 0 Å². The molecule has 1 aromatic rings. The van der Waals surface area contributed by atoms with E-state index in [4.69, 9.17) is 0 Å². The molecule has 0 amide bonds. The highest BCUT2D eigenvalue weighted by Gasteiger charge is 2.20. The molecule has 1 atom stereocenters. The molecule has 3 N–H and O–H groups in total. The highest BCUT2D eigenvalue weighted by molar-refractivity contribution is 5.37. The van der Waals surface area contributed by atoms with Crippen LogP contribution in [0.25, 0.3) is 0 Å². The van der Waals surface area contributed by atoms with Gasteiger partial charge in [0.25, 0.3) is 0 Å². The molecule has 0 spiro atoms. The van der Waals surface area contributed by atoms with Crippen LogP contribution in [0.15, 0.2) is 6.07 Å². The number of rotatable bonds is 15.